The van der Waals surface area contributed by atoms with Crippen LogP contribution in [0.4, 0.5) is 8.78 Å². The zero-order valence-corrected chi connectivity index (χ0v) is 13.8. The summed E-state index contributed by atoms with van der Waals surface area (Å²) in [5.74, 6) is -1.69. The van der Waals surface area contributed by atoms with Gasteiger partial charge < -0.3 is 10.3 Å². The number of aromatic amines is 1. The number of amides is 1. The number of benzene rings is 2. The normalized spacial score (nSPS) is 11.0. The van der Waals surface area contributed by atoms with E-state index in [1.807, 2.05) is 0 Å². The van der Waals surface area contributed by atoms with Crippen LogP contribution in [0, 0.1) is 11.6 Å². The largest absolute Gasteiger partial charge is 0.350 e. The quantitative estimate of drug-likeness (QED) is 0.687. The summed E-state index contributed by atoms with van der Waals surface area (Å²) in [5, 5.41) is 4.12. The standard InChI is InChI=1S/C17H12Cl2F2N2O/c18-10-1-2-14-13(7-10)15(19)16(23-14)17(24)22-4-3-9-5-11(20)8-12(21)6-9/h1-2,5-8,23H,3-4H2,(H,22,24). The minimum atomic E-state index is -0.646. The summed E-state index contributed by atoms with van der Waals surface area (Å²) in [6, 6.07) is 8.35. The van der Waals surface area contributed by atoms with Gasteiger partial charge in [0.25, 0.3) is 5.91 Å². The number of carbonyl (C=O) groups excluding carboxylic acids is 1. The van der Waals surface area contributed by atoms with E-state index in [0.29, 0.717) is 27.9 Å². The molecule has 2 N–H and O–H groups in total. The average Bonchev–Trinajstić information content (AvgIpc) is 2.83. The Morgan fingerprint density at radius 2 is 1.79 bits per heavy atom. The number of halogens is 4. The molecule has 3 aromatic rings. The lowest BCUT2D eigenvalue weighted by atomic mass is 10.1. The van der Waals surface area contributed by atoms with Crippen molar-refractivity contribution in [3.05, 3.63) is 69.3 Å². The van der Waals surface area contributed by atoms with Crippen LogP contribution in [0.15, 0.2) is 36.4 Å². The van der Waals surface area contributed by atoms with E-state index in [9.17, 15) is 13.6 Å². The second kappa shape index (κ2) is 6.79. The van der Waals surface area contributed by atoms with E-state index < -0.39 is 17.5 Å². The monoisotopic (exact) mass is 368 g/mol. The van der Waals surface area contributed by atoms with Gasteiger partial charge in [0.1, 0.15) is 17.3 Å². The summed E-state index contributed by atoms with van der Waals surface area (Å²) in [7, 11) is 0. The van der Waals surface area contributed by atoms with Crippen molar-refractivity contribution in [1.82, 2.24) is 10.3 Å². The molecule has 1 aromatic heterocycles. The first kappa shape index (κ1) is 16.7. The minimum Gasteiger partial charge on any atom is -0.350 e. The molecular weight excluding hydrogens is 357 g/mol. The van der Waals surface area contributed by atoms with E-state index in [1.165, 1.54) is 12.1 Å². The fraction of sp³-hybridized carbons (Fsp3) is 0.118. The van der Waals surface area contributed by atoms with Gasteiger partial charge in [-0.25, -0.2) is 8.78 Å². The Bertz CT molecular complexity index is 904. The minimum absolute atomic E-state index is 0.216. The highest BCUT2D eigenvalue weighted by molar-refractivity contribution is 6.39. The first-order chi connectivity index (χ1) is 11.4. The molecule has 7 heteroatoms. The molecule has 0 spiro atoms. The molecule has 0 atom stereocenters. The predicted octanol–water partition coefficient (Wildman–Crippen LogP) is 4.73. The molecule has 0 aliphatic carbocycles. The van der Waals surface area contributed by atoms with Crippen molar-refractivity contribution in [2.24, 2.45) is 0 Å². The zero-order valence-electron chi connectivity index (χ0n) is 12.3. The number of hydrogen-bond acceptors (Lipinski definition) is 1. The van der Waals surface area contributed by atoms with E-state index in [1.54, 1.807) is 18.2 Å². The van der Waals surface area contributed by atoms with Gasteiger partial charge in [-0.1, -0.05) is 23.2 Å². The van der Waals surface area contributed by atoms with Crippen molar-refractivity contribution >= 4 is 40.0 Å². The lowest BCUT2D eigenvalue weighted by molar-refractivity contribution is 0.0950. The van der Waals surface area contributed by atoms with Crippen LogP contribution in [-0.4, -0.2) is 17.4 Å². The number of nitrogens with one attached hydrogen (secondary N) is 2. The molecule has 3 nitrogen and oxygen atoms in total. The number of rotatable bonds is 4. The fourth-order valence-electron chi connectivity index (χ4n) is 2.45. The molecule has 0 fully saturated rings. The predicted molar refractivity (Wildman–Crippen MR) is 90.7 cm³/mol. The van der Waals surface area contributed by atoms with Crippen LogP contribution >= 0.6 is 23.2 Å². The maximum atomic E-state index is 13.1. The molecule has 124 valence electrons. The molecule has 0 aliphatic heterocycles. The van der Waals surface area contributed by atoms with Gasteiger partial charge in [-0.15, -0.1) is 0 Å². The molecule has 1 amide bonds. The molecule has 0 unspecified atom stereocenters. The van der Waals surface area contributed by atoms with Crippen LogP contribution in [0.2, 0.25) is 10.0 Å². The summed E-state index contributed by atoms with van der Waals surface area (Å²) in [5.41, 5.74) is 1.38. The summed E-state index contributed by atoms with van der Waals surface area (Å²) < 4.78 is 26.2. The Labute approximate surface area is 146 Å². The fourth-order valence-corrected chi connectivity index (χ4v) is 2.91. The third kappa shape index (κ3) is 3.52. The van der Waals surface area contributed by atoms with Crippen molar-refractivity contribution in [1.29, 1.82) is 0 Å². The highest BCUT2D eigenvalue weighted by Gasteiger charge is 2.16. The number of hydrogen-bond donors (Lipinski definition) is 2. The highest BCUT2D eigenvalue weighted by atomic mass is 35.5. The van der Waals surface area contributed by atoms with Gasteiger partial charge in [0.05, 0.1) is 5.02 Å². The van der Waals surface area contributed by atoms with Crippen molar-refractivity contribution in [2.45, 2.75) is 6.42 Å². The van der Waals surface area contributed by atoms with E-state index in [2.05, 4.69) is 10.3 Å². The summed E-state index contributed by atoms with van der Waals surface area (Å²) in [6.07, 6.45) is 0.296. The van der Waals surface area contributed by atoms with E-state index in [0.717, 1.165) is 6.07 Å². The number of H-pyrrole nitrogens is 1. The van der Waals surface area contributed by atoms with Crippen molar-refractivity contribution in [3.8, 4) is 0 Å². The third-order valence-corrected chi connectivity index (χ3v) is 4.17. The van der Waals surface area contributed by atoms with Gasteiger partial charge in [0, 0.05) is 28.5 Å². The smallest absolute Gasteiger partial charge is 0.269 e. The molecule has 24 heavy (non-hydrogen) atoms. The first-order valence-corrected chi connectivity index (χ1v) is 7.89. The van der Waals surface area contributed by atoms with Crippen LogP contribution in [0.3, 0.4) is 0 Å². The first-order valence-electron chi connectivity index (χ1n) is 7.14. The topological polar surface area (TPSA) is 44.9 Å². The number of fused-ring (bicyclic) bond motifs is 1. The Morgan fingerprint density at radius 3 is 2.50 bits per heavy atom. The molecule has 0 saturated heterocycles. The van der Waals surface area contributed by atoms with Gasteiger partial charge in [0.15, 0.2) is 0 Å². The highest BCUT2D eigenvalue weighted by Crippen LogP contribution is 2.29. The Hall–Kier alpha value is -2.11. The van der Waals surface area contributed by atoms with Gasteiger partial charge >= 0.3 is 0 Å². The van der Waals surface area contributed by atoms with Gasteiger partial charge in [0.2, 0.25) is 0 Å². The Kier molecular flexibility index (Phi) is 4.73. The molecule has 1 heterocycles. The second-order valence-corrected chi connectivity index (χ2v) is 6.10. The summed E-state index contributed by atoms with van der Waals surface area (Å²) >= 11 is 12.1. The zero-order chi connectivity index (χ0) is 17.3. The van der Waals surface area contributed by atoms with E-state index in [-0.39, 0.29) is 17.3 Å². The van der Waals surface area contributed by atoms with Crippen LogP contribution < -0.4 is 5.32 Å². The average molecular weight is 369 g/mol. The lowest BCUT2D eigenvalue weighted by Crippen LogP contribution is -2.26. The molecule has 0 aliphatic rings. The van der Waals surface area contributed by atoms with Crippen LogP contribution in [0.5, 0.6) is 0 Å². The lowest BCUT2D eigenvalue weighted by Gasteiger charge is -2.05. The third-order valence-electron chi connectivity index (χ3n) is 3.55. The van der Waals surface area contributed by atoms with Gasteiger partial charge in [-0.05, 0) is 42.3 Å². The Balaban J connectivity index is 1.70. The van der Waals surface area contributed by atoms with Crippen molar-refractivity contribution in [2.75, 3.05) is 6.54 Å². The number of carbonyl (C=O) groups is 1. The SMILES string of the molecule is O=C(NCCc1cc(F)cc(F)c1)c1[nH]c2ccc(Cl)cc2c1Cl. The molecule has 0 bridgehead atoms. The van der Waals surface area contributed by atoms with Crippen LogP contribution in [-0.2, 0) is 6.42 Å². The van der Waals surface area contributed by atoms with Crippen molar-refractivity contribution in [3.63, 3.8) is 0 Å². The van der Waals surface area contributed by atoms with Crippen LogP contribution in [0.25, 0.3) is 10.9 Å². The maximum Gasteiger partial charge on any atom is 0.269 e. The van der Waals surface area contributed by atoms with E-state index >= 15 is 0 Å². The Morgan fingerprint density at radius 1 is 1.08 bits per heavy atom. The second-order valence-electron chi connectivity index (χ2n) is 5.29. The summed E-state index contributed by atoms with van der Waals surface area (Å²) in [4.78, 5) is 15.2. The molecule has 3 rings (SSSR count). The van der Waals surface area contributed by atoms with E-state index in [4.69, 9.17) is 23.2 Å². The van der Waals surface area contributed by atoms with Crippen molar-refractivity contribution < 1.29 is 13.6 Å². The molecule has 2 aromatic carbocycles. The van der Waals surface area contributed by atoms with Gasteiger partial charge in [-0.3, -0.25) is 4.79 Å². The summed E-state index contributed by atoms with van der Waals surface area (Å²) in [6.45, 7) is 0.216. The molecule has 0 saturated carbocycles. The van der Waals surface area contributed by atoms with Crippen LogP contribution in [0.1, 0.15) is 16.1 Å². The number of aromatic nitrogens is 1. The van der Waals surface area contributed by atoms with Gasteiger partial charge in [-0.2, -0.15) is 0 Å². The molecular formula is C17H12Cl2F2N2O. The molecule has 0 radical (unpaired) electrons. The maximum absolute atomic E-state index is 13.1.